The molecule has 1 aromatic heterocycles. The number of carbonyl (C=O) groups excluding carboxylic acids is 1. The first-order valence-corrected chi connectivity index (χ1v) is 11.3. The SMILES string of the molecule is Cc1cccc(N2CCN(CCC(C)NC(=O)NC3CCCc4occc43)CC2)c1. The van der Waals surface area contributed by atoms with Gasteiger partial charge < -0.3 is 20.0 Å². The number of nitrogens with one attached hydrogen (secondary N) is 2. The largest absolute Gasteiger partial charge is 0.469 e. The Bertz CT molecular complexity index is 841. The molecule has 2 amide bonds. The van der Waals surface area contributed by atoms with Crippen molar-refractivity contribution in [3.05, 3.63) is 53.5 Å². The van der Waals surface area contributed by atoms with Crippen molar-refractivity contribution in [1.29, 1.82) is 0 Å². The number of nitrogens with zero attached hydrogens (tertiary/aromatic N) is 2. The van der Waals surface area contributed by atoms with E-state index in [0.717, 1.165) is 69.7 Å². The third kappa shape index (κ3) is 5.17. The van der Waals surface area contributed by atoms with Gasteiger partial charge in [0, 0.05) is 56.4 Å². The minimum atomic E-state index is -0.0779. The number of urea groups is 1. The monoisotopic (exact) mass is 410 g/mol. The number of furan rings is 1. The molecule has 2 aliphatic rings. The number of hydrogen-bond acceptors (Lipinski definition) is 4. The lowest BCUT2D eigenvalue weighted by Gasteiger charge is -2.36. The number of carbonyl (C=O) groups is 1. The molecular formula is C24H34N4O2. The summed E-state index contributed by atoms with van der Waals surface area (Å²) in [5.74, 6) is 1.02. The molecule has 0 saturated carbocycles. The maximum atomic E-state index is 12.5. The Morgan fingerprint density at radius 2 is 2.07 bits per heavy atom. The van der Waals surface area contributed by atoms with Crippen LogP contribution in [-0.2, 0) is 6.42 Å². The molecule has 1 fully saturated rings. The lowest BCUT2D eigenvalue weighted by Crippen LogP contribution is -2.48. The number of benzene rings is 1. The van der Waals surface area contributed by atoms with Crippen molar-refractivity contribution in [2.75, 3.05) is 37.6 Å². The van der Waals surface area contributed by atoms with Crippen LogP contribution in [0.4, 0.5) is 10.5 Å². The molecule has 1 aliphatic carbocycles. The molecule has 2 heterocycles. The second-order valence-corrected chi connectivity index (χ2v) is 8.72. The van der Waals surface area contributed by atoms with E-state index in [1.807, 2.05) is 6.07 Å². The molecule has 2 atom stereocenters. The minimum absolute atomic E-state index is 0.0643. The van der Waals surface area contributed by atoms with Gasteiger partial charge in [-0.3, -0.25) is 4.90 Å². The van der Waals surface area contributed by atoms with Gasteiger partial charge in [-0.1, -0.05) is 12.1 Å². The van der Waals surface area contributed by atoms with E-state index in [9.17, 15) is 4.79 Å². The first kappa shape index (κ1) is 20.8. The zero-order valence-corrected chi connectivity index (χ0v) is 18.2. The standard InChI is InChI=1S/C24H34N4O2/c1-18-5-3-6-20(17-18)28-14-12-27(13-15-28)11-9-19(2)25-24(29)26-22-7-4-8-23-21(22)10-16-30-23/h3,5-6,10,16-17,19,22H,4,7-9,11-15H2,1-2H3,(H2,25,26,29). The van der Waals surface area contributed by atoms with Gasteiger partial charge in [0.25, 0.3) is 0 Å². The number of anilines is 1. The summed E-state index contributed by atoms with van der Waals surface area (Å²) in [5.41, 5.74) is 3.77. The van der Waals surface area contributed by atoms with Gasteiger partial charge in [0.2, 0.25) is 0 Å². The fourth-order valence-electron chi connectivity index (χ4n) is 4.56. The average Bonchev–Trinajstić information content (AvgIpc) is 3.22. The van der Waals surface area contributed by atoms with Gasteiger partial charge in [0.05, 0.1) is 12.3 Å². The van der Waals surface area contributed by atoms with Gasteiger partial charge in [-0.2, -0.15) is 0 Å². The van der Waals surface area contributed by atoms with Crippen LogP contribution < -0.4 is 15.5 Å². The van der Waals surface area contributed by atoms with Crippen molar-refractivity contribution < 1.29 is 9.21 Å². The summed E-state index contributed by atoms with van der Waals surface area (Å²) >= 11 is 0. The Balaban J connectivity index is 1.17. The van der Waals surface area contributed by atoms with Crippen molar-refractivity contribution in [1.82, 2.24) is 15.5 Å². The molecule has 2 unspecified atom stereocenters. The quantitative estimate of drug-likeness (QED) is 0.759. The molecule has 0 spiro atoms. The Hall–Kier alpha value is -2.47. The molecule has 1 saturated heterocycles. The summed E-state index contributed by atoms with van der Waals surface area (Å²) in [6, 6.07) is 10.9. The predicted octanol–water partition coefficient (Wildman–Crippen LogP) is 3.87. The normalized spacial score (nSPS) is 20.5. The summed E-state index contributed by atoms with van der Waals surface area (Å²) in [6.07, 6.45) is 5.67. The van der Waals surface area contributed by atoms with E-state index in [1.165, 1.54) is 11.3 Å². The average molecular weight is 411 g/mol. The highest BCUT2D eigenvalue weighted by atomic mass is 16.3. The molecule has 0 bridgehead atoms. The highest BCUT2D eigenvalue weighted by Gasteiger charge is 2.24. The summed E-state index contributed by atoms with van der Waals surface area (Å²) in [7, 11) is 0. The third-order valence-corrected chi connectivity index (χ3v) is 6.35. The van der Waals surface area contributed by atoms with E-state index in [1.54, 1.807) is 6.26 Å². The molecule has 1 aromatic carbocycles. The molecular weight excluding hydrogens is 376 g/mol. The fourth-order valence-corrected chi connectivity index (χ4v) is 4.56. The number of fused-ring (bicyclic) bond motifs is 1. The van der Waals surface area contributed by atoms with Crippen LogP contribution in [0.25, 0.3) is 0 Å². The molecule has 30 heavy (non-hydrogen) atoms. The molecule has 4 rings (SSSR count). The Morgan fingerprint density at radius 3 is 2.87 bits per heavy atom. The molecule has 6 nitrogen and oxygen atoms in total. The summed E-state index contributed by atoms with van der Waals surface area (Å²) in [5, 5.41) is 6.24. The molecule has 6 heteroatoms. The van der Waals surface area contributed by atoms with Crippen LogP contribution in [0.3, 0.4) is 0 Å². The molecule has 2 N–H and O–H groups in total. The van der Waals surface area contributed by atoms with Crippen LogP contribution in [0.15, 0.2) is 41.0 Å². The highest BCUT2D eigenvalue weighted by Crippen LogP contribution is 2.30. The molecule has 0 radical (unpaired) electrons. The third-order valence-electron chi connectivity index (χ3n) is 6.35. The Morgan fingerprint density at radius 1 is 1.23 bits per heavy atom. The van der Waals surface area contributed by atoms with Gasteiger partial charge >= 0.3 is 6.03 Å². The lowest BCUT2D eigenvalue weighted by molar-refractivity contribution is 0.223. The topological polar surface area (TPSA) is 60.8 Å². The van der Waals surface area contributed by atoms with Gasteiger partial charge in [-0.15, -0.1) is 0 Å². The van der Waals surface area contributed by atoms with E-state index in [2.05, 4.69) is 58.5 Å². The van der Waals surface area contributed by atoms with E-state index in [-0.39, 0.29) is 18.1 Å². The Labute approximate surface area is 179 Å². The van der Waals surface area contributed by atoms with Crippen LogP contribution >= 0.6 is 0 Å². The van der Waals surface area contributed by atoms with E-state index < -0.39 is 0 Å². The maximum absolute atomic E-state index is 12.5. The predicted molar refractivity (Wildman–Crippen MR) is 120 cm³/mol. The second kappa shape index (κ2) is 9.56. The Kier molecular flexibility index (Phi) is 6.62. The van der Waals surface area contributed by atoms with Crippen LogP contribution in [0.5, 0.6) is 0 Å². The van der Waals surface area contributed by atoms with Crippen LogP contribution in [0, 0.1) is 6.92 Å². The van der Waals surface area contributed by atoms with E-state index in [0.29, 0.717) is 0 Å². The van der Waals surface area contributed by atoms with Gasteiger partial charge in [0.15, 0.2) is 0 Å². The number of piperazine rings is 1. The van der Waals surface area contributed by atoms with Crippen LogP contribution in [0.2, 0.25) is 0 Å². The van der Waals surface area contributed by atoms with Gasteiger partial charge in [-0.05, 0) is 56.9 Å². The van der Waals surface area contributed by atoms with Crippen molar-refractivity contribution in [3.63, 3.8) is 0 Å². The van der Waals surface area contributed by atoms with E-state index >= 15 is 0 Å². The van der Waals surface area contributed by atoms with Gasteiger partial charge in [-0.25, -0.2) is 4.79 Å². The first-order valence-electron chi connectivity index (χ1n) is 11.3. The number of rotatable bonds is 6. The number of aryl methyl sites for hydroxylation is 2. The van der Waals surface area contributed by atoms with Gasteiger partial charge in [0.1, 0.15) is 5.76 Å². The van der Waals surface area contributed by atoms with Crippen LogP contribution in [0.1, 0.15) is 49.1 Å². The van der Waals surface area contributed by atoms with Crippen molar-refractivity contribution in [2.45, 2.75) is 51.6 Å². The smallest absolute Gasteiger partial charge is 0.315 e. The zero-order chi connectivity index (χ0) is 20.9. The summed E-state index contributed by atoms with van der Waals surface area (Å²) in [4.78, 5) is 17.4. The van der Waals surface area contributed by atoms with Crippen LogP contribution in [-0.4, -0.2) is 49.7 Å². The number of hydrogen-bond donors (Lipinski definition) is 2. The summed E-state index contributed by atoms with van der Waals surface area (Å²) < 4.78 is 5.52. The molecule has 162 valence electrons. The summed E-state index contributed by atoms with van der Waals surface area (Å²) in [6.45, 7) is 9.50. The minimum Gasteiger partial charge on any atom is -0.469 e. The van der Waals surface area contributed by atoms with Crippen molar-refractivity contribution >= 4 is 11.7 Å². The highest BCUT2D eigenvalue weighted by molar-refractivity contribution is 5.74. The van der Waals surface area contributed by atoms with Crippen molar-refractivity contribution in [3.8, 4) is 0 Å². The molecule has 2 aromatic rings. The van der Waals surface area contributed by atoms with Crippen molar-refractivity contribution in [2.24, 2.45) is 0 Å². The first-order chi connectivity index (χ1) is 14.6. The maximum Gasteiger partial charge on any atom is 0.315 e. The van der Waals surface area contributed by atoms with E-state index in [4.69, 9.17) is 4.42 Å². The fraction of sp³-hybridized carbons (Fsp3) is 0.542. The number of amides is 2. The zero-order valence-electron chi connectivity index (χ0n) is 18.2. The lowest BCUT2D eigenvalue weighted by atomic mass is 9.93. The second-order valence-electron chi connectivity index (χ2n) is 8.72. The molecule has 1 aliphatic heterocycles.